The van der Waals surface area contributed by atoms with Crippen molar-refractivity contribution in [1.29, 1.82) is 0 Å². The molecule has 1 aromatic rings. The molecule has 0 aliphatic heterocycles. The van der Waals surface area contributed by atoms with Crippen LogP contribution in [0.25, 0.3) is 0 Å². The topological polar surface area (TPSA) is 85.4 Å². The van der Waals surface area contributed by atoms with Gasteiger partial charge in [0.2, 0.25) is 10.0 Å². The molecule has 0 radical (unpaired) electrons. The number of nitrogens with two attached hydrogens (primary N) is 1. The van der Waals surface area contributed by atoms with E-state index in [9.17, 15) is 13.2 Å². The number of carbonyl (C=O) groups excluding carboxylic acids is 1. The quantitative estimate of drug-likeness (QED) is 0.865. The molecule has 0 atom stereocenters. The average Bonchev–Trinajstić information content (AvgIpc) is 3.12. The third-order valence-corrected chi connectivity index (χ3v) is 4.58. The van der Waals surface area contributed by atoms with Gasteiger partial charge in [0.1, 0.15) is 10.6 Å². The number of hydrogen-bond donors (Lipinski definition) is 1. The first-order valence-electron chi connectivity index (χ1n) is 7.20. The molecule has 2 N–H and O–H groups in total. The van der Waals surface area contributed by atoms with Crippen LogP contribution >= 0.6 is 0 Å². The minimum atomic E-state index is -3.79. The lowest BCUT2D eigenvalue weighted by Crippen LogP contribution is -2.30. The zero-order valence-electron chi connectivity index (χ0n) is 12.7. The molecule has 0 unspecified atom stereocenters. The fourth-order valence-electron chi connectivity index (χ4n) is 2.18. The summed E-state index contributed by atoms with van der Waals surface area (Å²) in [6.07, 6.45) is 4.33. The molecule has 0 saturated heterocycles. The molecule has 0 aromatic carbocycles. The highest BCUT2D eigenvalue weighted by molar-refractivity contribution is 7.89. The lowest BCUT2D eigenvalue weighted by molar-refractivity contribution is 0.0778. The summed E-state index contributed by atoms with van der Waals surface area (Å²) in [4.78, 5) is 14.2. The number of amides is 1. The van der Waals surface area contributed by atoms with Crippen molar-refractivity contribution in [2.75, 3.05) is 13.6 Å². The number of sulfonamides is 1. The fourth-order valence-corrected chi connectivity index (χ4v) is 2.72. The molecule has 1 amide bonds. The van der Waals surface area contributed by atoms with Crippen molar-refractivity contribution in [3.05, 3.63) is 18.0 Å². The van der Waals surface area contributed by atoms with E-state index in [2.05, 4.69) is 13.8 Å². The molecule has 1 aliphatic rings. The van der Waals surface area contributed by atoms with E-state index in [-0.39, 0.29) is 16.8 Å². The largest absolute Gasteiger partial charge is 0.340 e. The predicted molar refractivity (Wildman–Crippen MR) is 80.5 cm³/mol. The Kier molecular flexibility index (Phi) is 4.43. The van der Waals surface area contributed by atoms with Gasteiger partial charge in [-0.25, -0.2) is 13.6 Å². The minimum absolute atomic E-state index is 0.00927. The molecule has 2 rings (SSSR count). The fraction of sp³-hybridized carbons (Fsp3) is 0.643. The van der Waals surface area contributed by atoms with Gasteiger partial charge >= 0.3 is 0 Å². The van der Waals surface area contributed by atoms with E-state index < -0.39 is 10.0 Å². The first-order chi connectivity index (χ1) is 9.70. The van der Waals surface area contributed by atoms with Crippen LogP contribution in [0.2, 0.25) is 0 Å². The zero-order valence-corrected chi connectivity index (χ0v) is 13.6. The highest BCUT2D eigenvalue weighted by Gasteiger charge is 2.30. The summed E-state index contributed by atoms with van der Waals surface area (Å²) in [5.74, 6) is 0.355. The van der Waals surface area contributed by atoms with Gasteiger partial charge in [-0.15, -0.1) is 0 Å². The van der Waals surface area contributed by atoms with Crippen molar-refractivity contribution in [1.82, 2.24) is 9.47 Å². The van der Waals surface area contributed by atoms with E-state index >= 15 is 0 Å². The van der Waals surface area contributed by atoms with Gasteiger partial charge < -0.3 is 9.47 Å². The number of primary sulfonamides is 1. The van der Waals surface area contributed by atoms with Gasteiger partial charge in [-0.05, 0) is 31.2 Å². The lowest BCUT2D eigenvalue weighted by Gasteiger charge is -2.19. The first-order valence-corrected chi connectivity index (χ1v) is 8.75. The SMILES string of the molecule is CC(C)CCN(C)C(=O)c1cc(S(N)(=O)=O)cn1C1CC1. The molecule has 0 bridgehead atoms. The Labute approximate surface area is 126 Å². The second-order valence-corrected chi connectivity index (χ2v) is 7.72. The molecular weight excluding hydrogens is 290 g/mol. The second-order valence-electron chi connectivity index (χ2n) is 6.15. The summed E-state index contributed by atoms with van der Waals surface area (Å²) >= 11 is 0. The summed E-state index contributed by atoms with van der Waals surface area (Å²) < 4.78 is 24.7. The second kappa shape index (κ2) is 5.81. The molecule has 1 fully saturated rings. The maximum Gasteiger partial charge on any atom is 0.270 e. The number of hydrogen-bond acceptors (Lipinski definition) is 3. The summed E-state index contributed by atoms with van der Waals surface area (Å²) in [7, 11) is -2.05. The Bertz CT molecular complexity index is 630. The summed E-state index contributed by atoms with van der Waals surface area (Å²) in [5.41, 5.74) is 0.410. The van der Waals surface area contributed by atoms with Crippen LogP contribution in [0, 0.1) is 5.92 Å². The van der Waals surface area contributed by atoms with E-state index in [0.717, 1.165) is 19.3 Å². The molecule has 1 aliphatic carbocycles. The van der Waals surface area contributed by atoms with Crippen LogP contribution in [0.4, 0.5) is 0 Å². The van der Waals surface area contributed by atoms with Gasteiger partial charge in [-0.2, -0.15) is 0 Å². The third-order valence-electron chi connectivity index (χ3n) is 3.70. The van der Waals surface area contributed by atoms with Crippen LogP contribution in [-0.4, -0.2) is 37.4 Å². The monoisotopic (exact) mass is 313 g/mol. The van der Waals surface area contributed by atoms with E-state index in [1.165, 1.54) is 12.3 Å². The molecule has 1 aromatic heterocycles. The van der Waals surface area contributed by atoms with Crippen LogP contribution in [0.5, 0.6) is 0 Å². The summed E-state index contributed by atoms with van der Waals surface area (Å²) in [6, 6.07) is 1.61. The molecule has 21 heavy (non-hydrogen) atoms. The Balaban J connectivity index is 2.25. The van der Waals surface area contributed by atoms with Gasteiger partial charge in [-0.3, -0.25) is 4.79 Å². The highest BCUT2D eigenvalue weighted by Crippen LogP contribution is 2.37. The van der Waals surface area contributed by atoms with Crippen molar-refractivity contribution in [3.8, 4) is 0 Å². The van der Waals surface area contributed by atoms with E-state index in [0.29, 0.717) is 18.2 Å². The number of nitrogens with zero attached hydrogens (tertiary/aromatic N) is 2. The molecular formula is C14H23N3O3S. The average molecular weight is 313 g/mol. The third kappa shape index (κ3) is 3.85. The summed E-state index contributed by atoms with van der Waals surface area (Å²) in [5, 5.41) is 5.17. The van der Waals surface area contributed by atoms with Crippen LogP contribution in [0.15, 0.2) is 17.2 Å². The van der Waals surface area contributed by atoms with Gasteiger partial charge in [0, 0.05) is 25.8 Å². The van der Waals surface area contributed by atoms with Crippen LogP contribution in [-0.2, 0) is 10.0 Å². The normalized spacial score (nSPS) is 15.5. The standard InChI is InChI=1S/C14H23N3O3S/c1-10(2)6-7-16(3)14(18)13-8-12(21(15,19)20)9-17(13)11-4-5-11/h8-11H,4-7H2,1-3H3,(H2,15,19,20). The Morgan fingerprint density at radius 2 is 2.10 bits per heavy atom. The van der Waals surface area contributed by atoms with Gasteiger partial charge in [0.25, 0.3) is 5.91 Å². The molecule has 7 heteroatoms. The van der Waals surface area contributed by atoms with Gasteiger partial charge in [-0.1, -0.05) is 13.8 Å². The van der Waals surface area contributed by atoms with Crippen LogP contribution < -0.4 is 5.14 Å². The maximum absolute atomic E-state index is 12.5. The minimum Gasteiger partial charge on any atom is -0.340 e. The van der Waals surface area contributed by atoms with Crippen molar-refractivity contribution in [3.63, 3.8) is 0 Å². The van der Waals surface area contributed by atoms with Gasteiger partial charge in [0.15, 0.2) is 0 Å². The first kappa shape index (κ1) is 16.0. The van der Waals surface area contributed by atoms with Crippen molar-refractivity contribution >= 4 is 15.9 Å². The molecule has 6 nitrogen and oxygen atoms in total. The van der Waals surface area contributed by atoms with E-state index in [4.69, 9.17) is 5.14 Å². The Morgan fingerprint density at radius 1 is 1.48 bits per heavy atom. The smallest absolute Gasteiger partial charge is 0.270 e. The Morgan fingerprint density at radius 3 is 2.57 bits per heavy atom. The van der Waals surface area contributed by atoms with Crippen molar-refractivity contribution < 1.29 is 13.2 Å². The lowest BCUT2D eigenvalue weighted by atomic mass is 10.1. The number of carbonyl (C=O) groups is 1. The van der Waals surface area contributed by atoms with E-state index in [1.807, 2.05) is 0 Å². The zero-order chi connectivity index (χ0) is 15.8. The van der Waals surface area contributed by atoms with Crippen molar-refractivity contribution in [2.24, 2.45) is 11.1 Å². The maximum atomic E-state index is 12.5. The van der Waals surface area contributed by atoms with Crippen molar-refractivity contribution in [2.45, 2.75) is 44.0 Å². The number of aromatic nitrogens is 1. The van der Waals surface area contributed by atoms with Crippen LogP contribution in [0.3, 0.4) is 0 Å². The Hall–Kier alpha value is -1.34. The number of rotatable bonds is 6. The molecule has 118 valence electrons. The van der Waals surface area contributed by atoms with Crippen LogP contribution in [0.1, 0.15) is 49.6 Å². The molecule has 1 heterocycles. The van der Waals surface area contributed by atoms with E-state index in [1.54, 1.807) is 16.5 Å². The summed E-state index contributed by atoms with van der Waals surface area (Å²) in [6.45, 7) is 4.85. The van der Waals surface area contributed by atoms with Gasteiger partial charge in [0.05, 0.1) is 0 Å². The predicted octanol–water partition coefficient (Wildman–Crippen LogP) is 1.59. The molecule has 1 saturated carbocycles. The molecule has 0 spiro atoms. The highest BCUT2D eigenvalue weighted by atomic mass is 32.2.